The molecule has 0 saturated heterocycles. The summed E-state index contributed by atoms with van der Waals surface area (Å²) in [7, 11) is 0. The molecule has 0 unspecified atom stereocenters. The molecule has 4 heteroatoms. The third kappa shape index (κ3) is 0.0750. The van der Waals surface area contributed by atoms with Crippen LogP contribution in [0.1, 0.15) is 0 Å². The van der Waals surface area contributed by atoms with Gasteiger partial charge in [0.25, 0.3) is 0 Å². The lowest BCUT2D eigenvalue weighted by atomic mass is 12.9. The van der Waals surface area contributed by atoms with E-state index in [1.165, 1.54) is 0 Å². The summed E-state index contributed by atoms with van der Waals surface area (Å²) in [5.41, 5.74) is 6.78. The van der Waals surface area contributed by atoms with Crippen LogP contribution in [-0.4, -0.2) is 5.02 Å². The minimum Gasteiger partial charge on any atom is -0.623 e. The van der Waals surface area contributed by atoms with E-state index in [9.17, 15) is 0 Å². The summed E-state index contributed by atoms with van der Waals surface area (Å²) >= 11 is 0. The zero-order valence-corrected chi connectivity index (χ0v) is 1.71. The molecule has 0 fully saturated rings. The predicted octanol–water partition coefficient (Wildman–Crippen LogP) is 0.0161. The van der Waals surface area contributed by atoms with E-state index < -0.39 is 5.02 Å². The van der Waals surface area contributed by atoms with Gasteiger partial charge in [-0.2, -0.15) is 0 Å². The SMILES string of the molecule is [N-]=[N+]([O-])[O-]. The van der Waals surface area contributed by atoms with Gasteiger partial charge < -0.3 is 15.9 Å². The van der Waals surface area contributed by atoms with Crippen molar-refractivity contribution in [2.24, 2.45) is 0 Å². The molecule has 0 aromatic rings. The number of nitrogens with zero attached hydrogens (tertiary/aromatic N) is 2. The molecule has 4 heavy (non-hydrogen) atoms. The van der Waals surface area contributed by atoms with Crippen LogP contribution in [0.5, 0.6) is 0 Å². The second-order valence-corrected chi connectivity index (χ2v) is 0.238. The summed E-state index contributed by atoms with van der Waals surface area (Å²) in [5.74, 6) is 0. The van der Waals surface area contributed by atoms with Crippen LogP contribution >= 0.6 is 0 Å². The molecular formula is N2O2-2. The topological polar surface area (TPSA) is 71.4 Å². The zero-order chi connectivity index (χ0) is 3.58. The summed E-state index contributed by atoms with van der Waals surface area (Å²) in [6.07, 6.45) is 0. The van der Waals surface area contributed by atoms with Crippen LogP contribution in [-0.2, 0) is 0 Å². The van der Waals surface area contributed by atoms with Crippen molar-refractivity contribution in [2.45, 2.75) is 0 Å². The van der Waals surface area contributed by atoms with Crippen molar-refractivity contribution in [3.8, 4) is 0 Å². The molecule has 0 aliphatic heterocycles. The smallest absolute Gasteiger partial charge is 0.276 e. The summed E-state index contributed by atoms with van der Waals surface area (Å²) < 4.78 is 0. The fraction of sp³-hybridized carbons (Fsp3) is 0. The van der Waals surface area contributed by atoms with Gasteiger partial charge in [-0.1, -0.05) is 0 Å². The fourth-order valence-electron chi connectivity index (χ4n) is 0. The van der Waals surface area contributed by atoms with Gasteiger partial charge in [0.15, 0.2) is 0 Å². The van der Waals surface area contributed by atoms with Gasteiger partial charge in [-0.25, -0.2) is 0 Å². The van der Waals surface area contributed by atoms with E-state index in [1.54, 1.807) is 0 Å². The Morgan fingerprint density at radius 2 is 1.50 bits per heavy atom. The van der Waals surface area contributed by atoms with Gasteiger partial charge in [0.2, 0.25) is 0 Å². The highest BCUT2D eigenvalue weighted by Gasteiger charge is 1.16. The first kappa shape index (κ1) is 3.20. The quantitative estimate of drug-likeness (QED) is 0.292. The van der Waals surface area contributed by atoms with E-state index in [1.807, 2.05) is 0 Å². The van der Waals surface area contributed by atoms with E-state index in [2.05, 4.69) is 0 Å². The first-order valence-corrected chi connectivity index (χ1v) is 0.565. The molecular weight excluding hydrogens is 60.0 g/mol. The lowest BCUT2D eigenvalue weighted by molar-refractivity contribution is -0.403. The van der Waals surface area contributed by atoms with Crippen molar-refractivity contribution in [3.05, 3.63) is 15.9 Å². The third-order valence-electron chi connectivity index (χ3n) is 0. The number of rotatable bonds is 0. The molecule has 0 radical (unpaired) electrons. The maximum atomic E-state index is 8.36. The van der Waals surface area contributed by atoms with E-state index in [0.717, 1.165) is 0 Å². The van der Waals surface area contributed by atoms with E-state index in [0.29, 0.717) is 0 Å². The average molecular weight is 60.0 g/mol. The molecule has 0 aliphatic carbocycles. The Hall–Kier alpha value is -0.800. The Kier molecular flexibility index (Phi) is 0.524. The van der Waals surface area contributed by atoms with Crippen molar-refractivity contribution >= 4 is 0 Å². The summed E-state index contributed by atoms with van der Waals surface area (Å²) in [5, 5.41) is 15.2. The molecule has 0 bridgehead atoms. The van der Waals surface area contributed by atoms with Crippen molar-refractivity contribution < 1.29 is 5.02 Å². The van der Waals surface area contributed by atoms with Crippen molar-refractivity contribution in [1.29, 1.82) is 0 Å². The molecule has 0 N–H and O–H groups in total. The van der Waals surface area contributed by atoms with Gasteiger partial charge in [0.05, 0.1) is 0 Å². The van der Waals surface area contributed by atoms with Crippen molar-refractivity contribution in [1.82, 2.24) is 0 Å². The van der Waals surface area contributed by atoms with E-state index in [4.69, 9.17) is 15.9 Å². The predicted molar refractivity (Wildman–Crippen MR) is 10.4 cm³/mol. The number of hydrogen-bond acceptors (Lipinski definition) is 2. The summed E-state index contributed by atoms with van der Waals surface area (Å²) in [4.78, 5) is 0. The van der Waals surface area contributed by atoms with Crippen LogP contribution in [0.15, 0.2) is 0 Å². The number of hydrogen-bond donors (Lipinski definition) is 0. The molecule has 0 heterocycles. The van der Waals surface area contributed by atoms with Crippen LogP contribution in [0.3, 0.4) is 0 Å². The first-order valence-electron chi connectivity index (χ1n) is 0.565. The van der Waals surface area contributed by atoms with E-state index in [-0.39, 0.29) is 0 Å². The fourth-order valence-corrected chi connectivity index (χ4v) is 0. The molecule has 0 rings (SSSR count). The molecule has 4 nitrogen and oxygen atoms in total. The molecule has 0 aromatic heterocycles. The van der Waals surface area contributed by atoms with Gasteiger partial charge in [0, 0.05) is 0 Å². The molecule has 24 valence electrons. The maximum absolute atomic E-state index is 8.36. The zero-order valence-electron chi connectivity index (χ0n) is 1.71. The second-order valence-electron chi connectivity index (χ2n) is 0.238. The lowest BCUT2D eigenvalue weighted by Crippen LogP contribution is -1.72. The van der Waals surface area contributed by atoms with Crippen LogP contribution in [0.2, 0.25) is 0 Å². The van der Waals surface area contributed by atoms with Crippen LogP contribution in [0.25, 0.3) is 5.53 Å². The van der Waals surface area contributed by atoms with Crippen molar-refractivity contribution in [2.75, 3.05) is 0 Å². The van der Waals surface area contributed by atoms with Gasteiger partial charge in [-0.3, -0.25) is 5.02 Å². The van der Waals surface area contributed by atoms with Gasteiger partial charge in [0.1, 0.15) is 0 Å². The molecule has 0 saturated carbocycles. The monoisotopic (exact) mass is 60.0 g/mol. The van der Waals surface area contributed by atoms with Crippen LogP contribution < -0.4 is 0 Å². The first-order chi connectivity index (χ1) is 1.73. The lowest BCUT2D eigenvalue weighted by Gasteiger charge is -2.02. The minimum absolute atomic E-state index is 1.50. The highest BCUT2D eigenvalue weighted by atomic mass is 16.8. The third-order valence-corrected chi connectivity index (χ3v) is 0. The summed E-state index contributed by atoms with van der Waals surface area (Å²) in [6.45, 7) is 0. The maximum Gasteiger partial charge on any atom is -0.276 e. The summed E-state index contributed by atoms with van der Waals surface area (Å²) in [6, 6.07) is 0. The van der Waals surface area contributed by atoms with Crippen LogP contribution in [0, 0.1) is 10.4 Å². The Labute approximate surface area is 22.3 Å². The Morgan fingerprint density at radius 1 is 1.50 bits per heavy atom. The molecule has 0 spiro atoms. The largest absolute Gasteiger partial charge is 0.623 e. The Balaban J connectivity index is 2.80. The second kappa shape index (κ2) is 0.655. The normalized spacial score (nSPS) is 6.00. The Morgan fingerprint density at radius 3 is 1.50 bits per heavy atom. The Bertz CT molecular complexity index is 27.0. The van der Waals surface area contributed by atoms with Gasteiger partial charge in [-0.15, -0.1) is 0 Å². The molecule has 0 atom stereocenters. The molecule has 0 aliphatic rings. The van der Waals surface area contributed by atoms with Gasteiger partial charge in [-0.05, 0) is 0 Å². The highest BCUT2D eigenvalue weighted by molar-refractivity contribution is 4.03. The van der Waals surface area contributed by atoms with Crippen molar-refractivity contribution in [3.63, 3.8) is 0 Å². The van der Waals surface area contributed by atoms with Crippen LogP contribution in [0.4, 0.5) is 0 Å². The highest BCUT2D eigenvalue weighted by Crippen LogP contribution is 1.47. The molecule has 0 aromatic carbocycles. The molecule has 0 amide bonds. The van der Waals surface area contributed by atoms with Gasteiger partial charge >= 0.3 is 0 Å². The standard InChI is InChI=1S/N2O2/c1-2(3)4/q-2. The van der Waals surface area contributed by atoms with E-state index >= 15 is 0 Å². The minimum atomic E-state index is -1.50. The average Bonchev–Trinajstić information content (AvgIpc) is 0.811.